The molecule has 2 aromatic rings. The molecule has 1 amide bonds. The lowest BCUT2D eigenvalue weighted by atomic mass is 10.2. The molecule has 0 aliphatic heterocycles. The third kappa shape index (κ3) is 3.66. The van der Waals surface area contributed by atoms with Gasteiger partial charge in [0.1, 0.15) is 6.54 Å². The molecule has 0 aliphatic carbocycles. The van der Waals surface area contributed by atoms with Crippen LogP contribution in [-0.2, 0) is 6.54 Å². The first-order chi connectivity index (χ1) is 10.5. The second-order valence-electron chi connectivity index (χ2n) is 4.91. The maximum absolute atomic E-state index is 12.7. The SMILES string of the molecule is CCCN(C(=O)c1cn(CC(F)F)nc1C)c1cccnc1. The van der Waals surface area contributed by atoms with Gasteiger partial charge in [-0.05, 0) is 25.5 Å². The number of hydrogen-bond acceptors (Lipinski definition) is 3. The topological polar surface area (TPSA) is 51.0 Å². The standard InChI is InChI=1S/C15H18F2N4O/c1-3-7-21(12-5-4-6-18-8-12)15(22)13-9-20(10-14(16)17)19-11(13)2/h4-6,8-9,14H,3,7,10H2,1-2H3. The van der Waals surface area contributed by atoms with Gasteiger partial charge in [-0.3, -0.25) is 14.5 Å². The van der Waals surface area contributed by atoms with E-state index >= 15 is 0 Å². The molecular weight excluding hydrogens is 290 g/mol. The van der Waals surface area contributed by atoms with Gasteiger partial charge in [-0.1, -0.05) is 6.92 Å². The van der Waals surface area contributed by atoms with Crippen LogP contribution in [0, 0.1) is 6.92 Å². The highest BCUT2D eigenvalue weighted by molar-refractivity contribution is 6.06. The highest BCUT2D eigenvalue weighted by atomic mass is 19.3. The minimum atomic E-state index is -2.51. The molecule has 0 aliphatic rings. The molecule has 118 valence electrons. The summed E-state index contributed by atoms with van der Waals surface area (Å²) in [6, 6.07) is 3.54. The molecule has 0 fully saturated rings. The zero-order valence-electron chi connectivity index (χ0n) is 12.5. The first kappa shape index (κ1) is 16.1. The van der Waals surface area contributed by atoms with Crippen molar-refractivity contribution in [3.63, 3.8) is 0 Å². The van der Waals surface area contributed by atoms with E-state index in [1.54, 1.807) is 36.4 Å². The predicted octanol–water partition coefficient (Wildman–Crippen LogP) is 2.91. The van der Waals surface area contributed by atoms with Crippen LogP contribution in [0.4, 0.5) is 14.5 Å². The Hall–Kier alpha value is -2.31. The van der Waals surface area contributed by atoms with Gasteiger partial charge in [-0.15, -0.1) is 0 Å². The van der Waals surface area contributed by atoms with Crippen LogP contribution in [0.3, 0.4) is 0 Å². The summed E-state index contributed by atoms with van der Waals surface area (Å²) in [7, 11) is 0. The van der Waals surface area contributed by atoms with Gasteiger partial charge < -0.3 is 4.90 Å². The van der Waals surface area contributed by atoms with Crippen LogP contribution < -0.4 is 4.90 Å². The Morgan fingerprint density at radius 1 is 1.45 bits per heavy atom. The molecule has 22 heavy (non-hydrogen) atoms. The fraction of sp³-hybridized carbons (Fsp3) is 0.400. The lowest BCUT2D eigenvalue weighted by molar-refractivity contribution is 0.0984. The highest BCUT2D eigenvalue weighted by Gasteiger charge is 2.22. The van der Waals surface area contributed by atoms with Crippen molar-refractivity contribution in [3.8, 4) is 0 Å². The maximum Gasteiger partial charge on any atom is 0.261 e. The third-order valence-corrected chi connectivity index (χ3v) is 3.15. The zero-order chi connectivity index (χ0) is 16.1. The van der Waals surface area contributed by atoms with Gasteiger partial charge in [0.25, 0.3) is 12.3 Å². The van der Waals surface area contributed by atoms with Crippen molar-refractivity contribution in [1.82, 2.24) is 14.8 Å². The Bertz CT molecular complexity index is 628. The summed E-state index contributed by atoms with van der Waals surface area (Å²) in [5.74, 6) is -0.257. The average molecular weight is 308 g/mol. The number of nitrogens with zero attached hydrogens (tertiary/aromatic N) is 4. The molecule has 0 spiro atoms. The van der Waals surface area contributed by atoms with E-state index in [1.807, 2.05) is 6.92 Å². The van der Waals surface area contributed by atoms with E-state index in [0.717, 1.165) is 11.1 Å². The molecule has 0 bridgehead atoms. The molecule has 2 heterocycles. The molecule has 2 rings (SSSR count). The van der Waals surface area contributed by atoms with Crippen LogP contribution >= 0.6 is 0 Å². The Labute approximate surface area is 127 Å². The van der Waals surface area contributed by atoms with Crippen LogP contribution in [0.25, 0.3) is 0 Å². The van der Waals surface area contributed by atoms with Crippen molar-refractivity contribution in [2.45, 2.75) is 33.2 Å². The molecular formula is C15H18F2N4O. The zero-order valence-corrected chi connectivity index (χ0v) is 12.5. The van der Waals surface area contributed by atoms with E-state index in [1.165, 1.54) is 6.20 Å². The fourth-order valence-corrected chi connectivity index (χ4v) is 2.19. The van der Waals surface area contributed by atoms with E-state index < -0.39 is 13.0 Å². The number of halogens is 2. The third-order valence-electron chi connectivity index (χ3n) is 3.15. The van der Waals surface area contributed by atoms with Crippen LogP contribution in [0.1, 0.15) is 29.4 Å². The summed E-state index contributed by atoms with van der Waals surface area (Å²) >= 11 is 0. The summed E-state index contributed by atoms with van der Waals surface area (Å²) in [6.07, 6.45) is 2.87. The quantitative estimate of drug-likeness (QED) is 0.824. The number of rotatable bonds is 6. The van der Waals surface area contributed by atoms with E-state index in [0.29, 0.717) is 23.5 Å². The van der Waals surface area contributed by atoms with Crippen LogP contribution in [0.5, 0.6) is 0 Å². The van der Waals surface area contributed by atoms with Gasteiger partial charge in [0.05, 0.1) is 23.1 Å². The number of alkyl halides is 2. The molecule has 0 saturated carbocycles. The lowest BCUT2D eigenvalue weighted by Gasteiger charge is -2.21. The average Bonchev–Trinajstić information content (AvgIpc) is 2.84. The summed E-state index contributed by atoms with van der Waals surface area (Å²) in [6.45, 7) is 3.60. The minimum absolute atomic E-state index is 0.257. The van der Waals surface area contributed by atoms with E-state index in [2.05, 4.69) is 10.1 Å². The van der Waals surface area contributed by atoms with Gasteiger partial charge in [-0.2, -0.15) is 5.10 Å². The normalized spacial score (nSPS) is 11.0. The Morgan fingerprint density at radius 2 is 2.23 bits per heavy atom. The Kier molecular flexibility index (Phi) is 5.19. The molecule has 0 radical (unpaired) electrons. The highest BCUT2D eigenvalue weighted by Crippen LogP contribution is 2.18. The minimum Gasteiger partial charge on any atom is -0.307 e. The van der Waals surface area contributed by atoms with Gasteiger partial charge in [0, 0.05) is 18.9 Å². The molecule has 0 atom stereocenters. The van der Waals surface area contributed by atoms with Gasteiger partial charge in [0.2, 0.25) is 0 Å². The number of carbonyl (C=O) groups excluding carboxylic acids is 1. The van der Waals surface area contributed by atoms with Crippen molar-refractivity contribution in [2.75, 3.05) is 11.4 Å². The number of hydrogen-bond donors (Lipinski definition) is 0. The summed E-state index contributed by atoms with van der Waals surface area (Å²) in [5, 5.41) is 3.98. The monoisotopic (exact) mass is 308 g/mol. The van der Waals surface area contributed by atoms with E-state index in [4.69, 9.17) is 0 Å². The molecule has 5 nitrogen and oxygen atoms in total. The summed E-state index contributed by atoms with van der Waals surface area (Å²) < 4.78 is 26.0. The van der Waals surface area contributed by atoms with Crippen molar-refractivity contribution in [2.24, 2.45) is 0 Å². The Balaban J connectivity index is 2.29. The smallest absolute Gasteiger partial charge is 0.261 e. The first-order valence-corrected chi connectivity index (χ1v) is 7.07. The van der Waals surface area contributed by atoms with E-state index in [9.17, 15) is 13.6 Å². The lowest BCUT2D eigenvalue weighted by Crippen LogP contribution is -2.32. The first-order valence-electron chi connectivity index (χ1n) is 7.07. The van der Waals surface area contributed by atoms with Crippen LogP contribution in [0.15, 0.2) is 30.7 Å². The van der Waals surface area contributed by atoms with Crippen molar-refractivity contribution in [3.05, 3.63) is 42.0 Å². The largest absolute Gasteiger partial charge is 0.307 e. The number of pyridine rings is 1. The fourth-order valence-electron chi connectivity index (χ4n) is 2.19. The van der Waals surface area contributed by atoms with Gasteiger partial charge in [-0.25, -0.2) is 8.78 Å². The summed E-state index contributed by atoms with van der Waals surface area (Å²) in [4.78, 5) is 18.3. The van der Waals surface area contributed by atoms with E-state index in [-0.39, 0.29) is 5.91 Å². The second kappa shape index (κ2) is 7.11. The molecule has 0 N–H and O–H groups in total. The molecule has 0 saturated heterocycles. The van der Waals surface area contributed by atoms with Crippen molar-refractivity contribution >= 4 is 11.6 Å². The molecule has 0 aromatic carbocycles. The van der Waals surface area contributed by atoms with Crippen LogP contribution in [0.2, 0.25) is 0 Å². The van der Waals surface area contributed by atoms with Gasteiger partial charge >= 0.3 is 0 Å². The van der Waals surface area contributed by atoms with Crippen molar-refractivity contribution < 1.29 is 13.6 Å². The van der Waals surface area contributed by atoms with Gasteiger partial charge in [0.15, 0.2) is 0 Å². The predicted molar refractivity (Wildman–Crippen MR) is 79.2 cm³/mol. The molecule has 0 unspecified atom stereocenters. The Morgan fingerprint density at radius 3 is 2.82 bits per heavy atom. The second-order valence-corrected chi connectivity index (χ2v) is 4.91. The molecule has 7 heteroatoms. The summed E-state index contributed by atoms with van der Waals surface area (Å²) in [5.41, 5.74) is 1.45. The number of anilines is 1. The van der Waals surface area contributed by atoms with Crippen molar-refractivity contribution in [1.29, 1.82) is 0 Å². The number of aryl methyl sites for hydroxylation is 1. The molecule has 2 aromatic heterocycles. The number of carbonyl (C=O) groups is 1. The van der Waals surface area contributed by atoms with Crippen LogP contribution in [-0.4, -0.2) is 33.6 Å². The number of amides is 1. The maximum atomic E-state index is 12.7. The number of aromatic nitrogens is 3.